The van der Waals surface area contributed by atoms with Gasteiger partial charge in [0.2, 0.25) is 15.9 Å². The van der Waals surface area contributed by atoms with E-state index in [0.717, 1.165) is 79.0 Å². The van der Waals surface area contributed by atoms with Crippen molar-refractivity contribution in [3.8, 4) is 5.75 Å². The Hall–Kier alpha value is -4.11. The molecule has 1 aromatic heterocycles. The van der Waals surface area contributed by atoms with Crippen molar-refractivity contribution in [1.29, 1.82) is 0 Å². The van der Waals surface area contributed by atoms with E-state index < -0.39 is 21.3 Å². The van der Waals surface area contributed by atoms with Crippen LogP contribution in [0.3, 0.4) is 0 Å². The fraction of sp³-hybridized carbons (Fsp3) is 0.463. The lowest BCUT2D eigenvalue weighted by atomic mass is 9.88. The number of aromatic nitrogens is 1. The van der Waals surface area contributed by atoms with Crippen LogP contribution in [0.4, 0.5) is 0 Å². The summed E-state index contributed by atoms with van der Waals surface area (Å²) in [6.45, 7) is 8.40. The summed E-state index contributed by atoms with van der Waals surface area (Å²) in [5.74, 6) is 1.09. The Bertz CT molecular complexity index is 1960. The van der Waals surface area contributed by atoms with E-state index in [1.165, 1.54) is 11.1 Å². The molecule has 6 rings (SSSR count). The number of carbonyl (C=O) groups is 2. The van der Waals surface area contributed by atoms with Crippen molar-refractivity contribution >= 4 is 32.7 Å². The molecule has 1 N–H and O–H groups in total. The van der Waals surface area contributed by atoms with Crippen molar-refractivity contribution in [3.05, 3.63) is 101 Å². The van der Waals surface area contributed by atoms with Gasteiger partial charge in [-0.3, -0.25) is 9.59 Å². The molecule has 2 fully saturated rings. The number of nitrogens with one attached hydrogen (secondary N) is 1. The topological polar surface area (TPSA) is 97.7 Å². The van der Waals surface area contributed by atoms with Crippen LogP contribution in [0, 0.1) is 12.3 Å². The predicted octanol–water partition coefficient (Wildman–Crippen LogP) is 7.91. The van der Waals surface area contributed by atoms with Gasteiger partial charge >= 0.3 is 0 Å². The summed E-state index contributed by atoms with van der Waals surface area (Å²) in [7, 11) is -2.07. The van der Waals surface area contributed by atoms with Crippen LogP contribution in [0.15, 0.2) is 72.9 Å². The first-order valence-electron chi connectivity index (χ1n) is 18.1. The van der Waals surface area contributed by atoms with Crippen LogP contribution in [0.1, 0.15) is 109 Å². The lowest BCUT2D eigenvalue weighted by molar-refractivity contribution is -0.139. The average Bonchev–Trinajstić information content (AvgIpc) is 3.73. The van der Waals surface area contributed by atoms with Crippen LogP contribution in [-0.2, 0) is 21.4 Å². The number of benzene rings is 3. The Morgan fingerprint density at radius 3 is 2.32 bits per heavy atom. The van der Waals surface area contributed by atoms with E-state index in [-0.39, 0.29) is 17.4 Å². The zero-order valence-electron chi connectivity index (χ0n) is 30.1. The number of hydrogen-bond acceptors (Lipinski definition) is 5. The number of amides is 2. The molecule has 0 spiro atoms. The lowest BCUT2D eigenvalue weighted by Crippen LogP contribution is -2.44. The minimum absolute atomic E-state index is 0.0108. The summed E-state index contributed by atoms with van der Waals surface area (Å²) in [4.78, 5) is 30.1. The molecule has 4 aromatic rings. The van der Waals surface area contributed by atoms with Crippen molar-refractivity contribution < 1.29 is 22.7 Å². The third-order valence-electron chi connectivity index (χ3n) is 11.0. The molecule has 1 saturated carbocycles. The maximum atomic E-state index is 14.9. The molecule has 8 nitrogen and oxygen atoms in total. The maximum Gasteiger partial charge on any atom is 0.264 e. The number of aryl methyl sites for hydroxylation is 1. The van der Waals surface area contributed by atoms with Crippen molar-refractivity contribution in [1.82, 2.24) is 14.2 Å². The van der Waals surface area contributed by atoms with E-state index >= 15 is 0 Å². The Labute approximate surface area is 297 Å². The monoisotopic (exact) mass is 697 g/mol. The van der Waals surface area contributed by atoms with E-state index in [2.05, 4.69) is 77.6 Å². The molecule has 2 atom stereocenters. The number of rotatable bonds is 13. The first kappa shape index (κ1) is 35.7. The van der Waals surface area contributed by atoms with Crippen molar-refractivity contribution in [2.75, 3.05) is 26.5 Å². The molecule has 0 bridgehead atoms. The first-order valence-corrected chi connectivity index (χ1v) is 20.0. The molecule has 1 saturated heterocycles. The van der Waals surface area contributed by atoms with E-state index in [9.17, 15) is 18.0 Å². The highest BCUT2D eigenvalue weighted by molar-refractivity contribution is 7.89. The third-order valence-corrected chi connectivity index (χ3v) is 11.6. The van der Waals surface area contributed by atoms with Crippen LogP contribution in [0.2, 0.25) is 0 Å². The normalized spacial score (nSPS) is 19.6. The first-order chi connectivity index (χ1) is 24.0. The summed E-state index contributed by atoms with van der Waals surface area (Å²) < 4.78 is 33.9. The summed E-state index contributed by atoms with van der Waals surface area (Å²) in [5, 5.41) is 1.05. The van der Waals surface area contributed by atoms with Gasteiger partial charge in [0.25, 0.3) is 5.91 Å². The Morgan fingerprint density at radius 1 is 0.980 bits per heavy atom. The number of fused-ring (bicyclic) bond motifs is 1. The van der Waals surface area contributed by atoms with Crippen molar-refractivity contribution in [2.45, 2.75) is 90.0 Å². The van der Waals surface area contributed by atoms with Crippen molar-refractivity contribution in [2.24, 2.45) is 5.41 Å². The van der Waals surface area contributed by atoms with E-state index in [0.29, 0.717) is 31.5 Å². The minimum Gasteiger partial charge on any atom is -0.497 e. The number of sulfonamides is 1. The standard InChI is InChI=1S/C41H51N3O5S/c1-6-11-31(12-7-2)36-26-44(38-23-32(16-18-34(36)38)39(45)42-50(5,47)48)27-41(25-37(41)35-24-33(49-4)17-15-28(35)3)40(46)43-21-19-30(20-22-43)29-13-9-8-10-14-29/h8-10,13-18,23-24,26,30-31,37H,6-7,11-12,19-22,25,27H2,1-5H3,(H,42,45). The number of likely N-dealkylation sites (tertiary alicyclic amines) is 1. The highest BCUT2D eigenvalue weighted by Crippen LogP contribution is 2.63. The van der Waals surface area contributed by atoms with Gasteiger partial charge < -0.3 is 14.2 Å². The second-order valence-electron chi connectivity index (χ2n) is 14.5. The van der Waals surface area contributed by atoms with Gasteiger partial charge in [-0.2, -0.15) is 0 Å². The molecular formula is C41H51N3O5S. The van der Waals surface area contributed by atoms with Gasteiger partial charge in [0.05, 0.1) is 18.8 Å². The molecule has 3 aromatic carbocycles. The summed E-state index contributed by atoms with van der Waals surface area (Å²) in [6.07, 6.45) is 9.94. The number of piperidine rings is 1. The molecule has 0 radical (unpaired) electrons. The molecule has 50 heavy (non-hydrogen) atoms. The molecule has 266 valence electrons. The van der Waals surface area contributed by atoms with Gasteiger partial charge in [0.1, 0.15) is 5.75 Å². The molecule has 1 aliphatic heterocycles. The van der Waals surface area contributed by atoms with Crippen LogP contribution in [0.25, 0.3) is 10.9 Å². The maximum absolute atomic E-state index is 14.9. The van der Waals surface area contributed by atoms with Gasteiger partial charge in [-0.1, -0.05) is 69.2 Å². The van der Waals surface area contributed by atoms with Crippen LogP contribution in [0.5, 0.6) is 5.75 Å². The van der Waals surface area contributed by atoms with Crippen LogP contribution >= 0.6 is 0 Å². The lowest BCUT2D eigenvalue weighted by Gasteiger charge is -2.35. The molecular weight excluding hydrogens is 647 g/mol. The fourth-order valence-electron chi connectivity index (χ4n) is 8.37. The highest BCUT2D eigenvalue weighted by Gasteiger charge is 2.62. The second kappa shape index (κ2) is 14.6. The number of nitrogens with zero attached hydrogens (tertiary/aromatic N) is 2. The quantitative estimate of drug-likeness (QED) is 0.153. The van der Waals surface area contributed by atoms with Crippen LogP contribution in [-0.4, -0.2) is 56.2 Å². The number of ether oxygens (including phenoxy) is 1. The van der Waals surface area contributed by atoms with Gasteiger partial charge in [-0.15, -0.1) is 0 Å². The number of methoxy groups -OCH3 is 1. The van der Waals surface area contributed by atoms with Gasteiger partial charge in [-0.25, -0.2) is 13.1 Å². The Morgan fingerprint density at radius 2 is 1.68 bits per heavy atom. The molecule has 2 aliphatic rings. The summed E-state index contributed by atoms with van der Waals surface area (Å²) in [5.41, 5.74) is 5.28. The molecule has 1 aliphatic carbocycles. The number of carbonyl (C=O) groups excluding carboxylic acids is 2. The molecule has 9 heteroatoms. The number of hydrogen-bond donors (Lipinski definition) is 1. The van der Waals surface area contributed by atoms with E-state index in [1.807, 2.05) is 18.2 Å². The minimum atomic E-state index is -3.74. The van der Waals surface area contributed by atoms with Gasteiger partial charge in [0, 0.05) is 48.2 Å². The molecule has 2 amide bonds. The summed E-state index contributed by atoms with van der Waals surface area (Å²) in [6, 6.07) is 22.2. The Balaban J connectivity index is 1.41. The average molecular weight is 698 g/mol. The summed E-state index contributed by atoms with van der Waals surface area (Å²) >= 11 is 0. The molecule has 2 heterocycles. The van der Waals surface area contributed by atoms with Crippen molar-refractivity contribution in [3.63, 3.8) is 0 Å². The van der Waals surface area contributed by atoms with E-state index in [1.54, 1.807) is 19.2 Å². The smallest absolute Gasteiger partial charge is 0.264 e. The zero-order valence-corrected chi connectivity index (χ0v) is 30.9. The van der Waals surface area contributed by atoms with Crippen LogP contribution < -0.4 is 9.46 Å². The second-order valence-corrected chi connectivity index (χ2v) is 16.3. The predicted molar refractivity (Wildman–Crippen MR) is 199 cm³/mol. The highest BCUT2D eigenvalue weighted by atomic mass is 32.2. The van der Waals surface area contributed by atoms with Gasteiger partial charge in [0.15, 0.2) is 0 Å². The SMILES string of the molecule is CCCC(CCC)c1cn(CC2(C(=O)N3CCC(c4ccccc4)CC3)CC2c2cc(OC)ccc2C)c2cc(C(=O)NS(C)(=O)=O)ccc12. The largest absolute Gasteiger partial charge is 0.497 e. The van der Waals surface area contributed by atoms with Gasteiger partial charge in [-0.05, 0) is 97.4 Å². The third kappa shape index (κ3) is 7.34. The van der Waals surface area contributed by atoms with E-state index in [4.69, 9.17) is 4.74 Å². The zero-order chi connectivity index (χ0) is 35.6. The molecule has 2 unspecified atom stereocenters. The Kier molecular flexibility index (Phi) is 10.4. The fourth-order valence-corrected chi connectivity index (χ4v) is 8.82.